The van der Waals surface area contributed by atoms with Crippen molar-refractivity contribution in [1.82, 2.24) is 30.2 Å². The number of carbonyl (C=O) groups excluding carboxylic acids is 1. The van der Waals surface area contributed by atoms with Crippen LogP contribution in [0.2, 0.25) is 0 Å². The maximum Gasteiger partial charge on any atom is 0.268 e. The van der Waals surface area contributed by atoms with Crippen molar-refractivity contribution in [1.29, 1.82) is 0 Å². The summed E-state index contributed by atoms with van der Waals surface area (Å²) in [6.45, 7) is 5.18. The highest BCUT2D eigenvalue weighted by molar-refractivity contribution is 7.12. The highest BCUT2D eigenvalue weighted by atomic mass is 32.1. The van der Waals surface area contributed by atoms with Crippen molar-refractivity contribution in [2.75, 3.05) is 11.4 Å². The number of aromatic amines is 1. The van der Waals surface area contributed by atoms with Crippen molar-refractivity contribution in [3.63, 3.8) is 0 Å². The van der Waals surface area contributed by atoms with Crippen molar-refractivity contribution in [2.24, 2.45) is 0 Å². The van der Waals surface area contributed by atoms with Gasteiger partial charge in [0.15, 0.2) is 0 Å². The molecule has 3 aromatic carbocycles. The fraction of sp³-hybridized carbons (Fsp3) is 0.212. The monoisotopic (exact) mass is 589 g/mol. The average molecular weight is 590 g/mol. The minimum atomic E-state index is -0.123. The van der Waals surface area contributed by atoms with Crippen LogP contribution < -0.4 is 10.3 Å². The molecule has 6 rings (SSSR count). The summed E-state index contributed by atoms with van der Waals surface area (Å²) in [5.41, 5.74) is 5.66. The number of hydrogen-bond donors (Lipinski definition) is 1. The number of nitrogens with zero attached hydrogens (tertiary/aromatic N) is 6. The van der Waals surface area contributed by atoms with Crippen molar-refractivity contribution < 1.29 is 4.79 Å². The van der Waals surface area contributed by atoms with Crippen LogP contribution in [0, 0.1) is 0 Å². The predicted molar refractivity (Wildman–Crippen MR) is 170 cm³/mol. The fourth-order valence-electron chi connectivity index (χ4n) is 5.34. The largest absolute Gasteiger partial charge is 0.320 e. The van der Waals surface area contributed by atoms with Crippen LogP contribution in [-0.4, -0.2) is 42.6 Å². The number of H-pyrrole nitrogens is 1. The number of benzene rings is 2. The number of imidazole rings is 1. The van der Waals surface area contributed by atoms with Gasteiger partial charge in [-0.1, -0.05) is 68.4 Å². The summed E-state index contributed by atoms with van der Waals surface area (Å²) in [6.07, 6.45) is 2.41. The zero-order chi connectivity index (χ0) is 29.8. The third-order valence-electron chi connectivity index (χ3n) is 7.33. The van der Waals surface area contributed by atoms with E-state index in [-0.39, 0.29) is 11.3 Å². The van der Waals surface area contributed by atoms with Gasteiger partial charge in [0.25, 0.3) is 5.91 Å². The van der Waals surface area contributed by atoms with Crippen molar-refractivity contribution in [2.45, 2.75) is 39.7 Å². The first-order valence-corrected chi connectivity index (χ1v) is 15.3. The average Bonchev–Trinajstić information content (AvgIpc) is 3.80. The molecule has 0 unspecified atom stereocenters. The Kier molecular flexibility index (Phi) is 8.19. The summed E-state index contributed by atoms with van der Waals surface area (Å²) >= 11 is 1.41. The number of carbonyl (C=O) groups is 1. The summed E-state index contributed by atoms with van der Waals surface area (Å²) in [5.74, 6) is 1.32. The van der Waals surface area contributed by atoms with Gasteiger partial charge in [-0.2, -0.15) is 5.21 Å². The van der Waals surface area contributed by atoms with Crippen molar-refractivity contribution in [3.8, 4) is 22.5 Å². The molecule has 3 heterocycles. The number of fused-ring (bicyclic) bond motifs is 1. The van der Waals surface area contributed by atoms with Crippen LogP contribution in [0.5, 0.6) is 0 Å². The Morgan fingerprint density at radius 1 is 0.953 bits per heavy atom. The molecule has 0 bridgehead atoms. The second kappa shape index (κ2) is 12.5. The molecule has 0 saturated carbocycles. The number of aryl methyl sites for hydroxylation is 1. The van der Waals surface area contributed by atoms with Crippen LogP contribution in [0.25, 0.3) is 33.5 Å². The lowest BCUT2D eigenvalue weighted by atomic mass is 9.98. The Bertz CT molecular complexity index is 1910. The molecule has 10 heteroatoms. The SMILES string of the molecule is CCCc1nc2cc(N(CCC)C(=O)c3cccs3)ccc(=O)c2n1Cc1ccc(-c2ccccc2-c2nn[nH]n2)cc1. The maximum absolute atomic E-state index is 13.5. The van der Waals surface area contributed by atoms with E-state index < -0.39 is 0 Å². The first kappa shape index (κ1) is 28.2. The van der Waals surface area contributed by atoms with E-state index >= 15 is 0 Å². The number of nitrogens with one attached hydrogen (secondary N) is 1. The van der Waals surface area contributed by atoms with Crippen LogP contribution >= 0.6 is 11.3 Å². The summed E-state index contributed by atoms with van der Waals surface area (Å²) in [4.78, 5) is 34.3. The second-order valence-corrected chi connectivity index (χ2v) is 11.2. The number of anilines is 1. The van der Waals surface area contributed by atoms with Crippen LogP contribution in [0.15, 0.2) is 89.0 Å². The predicted octanol–water partition coefficient (Wildman–Crippen LogP) is 6.36. The van der Waals surface area contributed by atoms with Gasteiger partial charge in [-0.25, -0.2) is 4.98 Å². The van der Waals surface area contributed by atoms with Crippen molar-refractivity contribution in [3.05, 3.63) is 111 Å². The van der Waals surface area contributed by atoms with E-state index in [0.29, 0.717) is 40.5 Å². The minimum Gasteiger partial charge on any atom is -0.320 e. The third-order valence-corrected chi connectivity index (χ3v) is 8.18. The number of thiophene rings is 1. The number of hydrogen-bond acceptors (Lipinski definition) is 7. The van der Waals surface area contributed by atoms with Gasteiger partial charge in [-0.3, -0.25) is 9.59 Å². The van der Waals surface area contributed by atoms with Crippen LogP contribution in [0.4, 0.5) is 5.69 Å². The normalized spacial score (nSPS) is 11.2. The highest BCUT2D eigenvalue weighted by Gasteiger charge is 2.20. The fourth-order valence-corrected chi connectivity index (χ4v) is 6.02. The minimum absolute atomic E-state index is 0.0714. The molecule has 3 aromatic heterocycles. The molecule has 0 saturated heterocycles. The first-order chi connectivity index (χ1) is 21.1. The van der Waals surface area contributed by atoms with E-state index in [1.807, 2.05) is 59.3 Å². The molecule has 1 N–H and O–H groups in total. The number of aromatic nitrogens is 6. The molecular formula is C33H31N7O2S. The van der Waals surface area contributed by atoms with Gasteiger partial charge in [0.2, 0.25) is 11.3 Å². The molecule has 216 valence electrons. The number of tetrazole rings is 1. The quantitative estimate of drug-likeness (QED) is 0.199. The molecule has 0 spiro atoms. The van der Waals surface area contributed by atoms with Gasteiger partial charge in [0, 0.05) is 30.8 Å². The molecule has 0 atom stereocenters. The van der Waals surface area contributed by atoms with Crippen molar-refractivity contribution >= 4 is 34.0 Å². The van der Waals surface area contributed by atoms with Crippen LogP contribution in [0.3, 0.4) is 0 Å². The zero-order valence-corrected chi connectivity index (χ0v) is 24.8. The Labute approximate surface area is 252 Å². The molecule has 1 amide bonds. The smallest absolute Gasteiger partial charge is 0.268 e. The standard InChI is InChI=1S/C33H31N7O2S/c1-3-8-30-34-27-20-24(39(18-4-2)33(42)29-11-7-19-43-29)16-17-28(41)31(27)40(30)21-22-12-14-23(15-13-22)25-9-5-6-10-26(25)32-35-37-38-36-32/h5-7,9-17,19-20H,3-4,8,18,21H2,1-2H3,(H,35,36,37,38). The molecule has 0 aliphatic rings. The summed E-state index contributed by atoms with van der Waals surface area (Å²) < 4.78 is 2.03. The van der Waals surface area contributed by atoms with E-state index in [9.17, 15) is 9.59 Å². The van der Waals surface area contributed by atoms with Crippen LogP contribution in [-0.2, 0) is 13.0 Å². The molecule has 0 aliphatic heterocycles. The van der Waals surface area contributed by atoms with Gasteiger partial charge in [0.1, 0.15) is 11.3 Å². The molecule has 0 fully saturated rings. The molecule has 9 nitrogen and oxygen atoms in total. The third kappa shape index (κ3) is 5.74. The lowest BCUT2D eigenvalue weighted by Gasteiger charge is -2.20. The van der Waals surface area contributed by atoms with E-state index in [0.717, 1.165) is 47.3 Å². The topological polar surface area (TPSA) is 110 Å². The molecule has 43 heavy (non-hydrogen) atoms. The lowest BCUT2D eigenvalue weighted by Crippen LogP contribution is -2.30. The number of rotatable bonds is 10. The molecular weight excluding hydrogens is 558 g/mol. The Hall–Kier alpha value is -4.96. The van der Waals surface area contributed by atoms with Gasteiger partial charge in [0.05, 0.1) is 10.4 Å². The van der Waals surface area contributed by atoms with E-state index in [4.69, 9.17) is 4.98 Å². The van der Waals surface area contributed by atoms with Gasteiger partial charge in [-0.15, -0.1) is 21.5 Å². The summed E-state index contributed by atoms with van der Waals surface area (Å²) in [6, 6.07) is 25.1. The Morgan fingerprint density at radius 3 is 2.47 bits per heavy atom. The Morgan fingerprint density at radius 2 is 1.77 bits per heavy atom. The lowest BCUT2D eigenvalue weighted by molar-refractivity contribution is 0.0991. The molecule has 0 aliphatic carbocycles. The summed E-state index contributed by atoms with van der Waals surface area (Å²) in [7, 11) is 0. The van der Waals surface area contributed by atoms with E-state index in [1.165, 1.54) is 11.3 Å². The van der Waals surface area contributed by atoms with Gasteiger partial charge in [-0.05, 0) is 64.4 Å². The Balaban J connectivity index is 1.37. The highest BCUT2D eigenvalue weighted by Crippen LogP contribution is 2.30. The zero-order valence-electron chi connectivity index (χ0n) is 24.0. The van der Waals surface area contributed by atoms with Crippen LogP contribution in [0.1, 0.15) is 47.7 Å². The van der Waals surface area contributed by atoms with Gasteiger partial charge < -0.3 is 9.47 Å². The summed E-state index contributed by atoms with van der Waals surface area (Å²) in [5, 5.41) is 16.4. The number of amides is 1. The van der Waals surface area contributed by atoms with Gasteiger partial charge >= 0.3 is 0 Å². The second-order valence-electron chi connectivity index (χ2n) is 10.3. The van der Waals surface area contributed by atoms with E-state index in [2.05, 4.69) is 51.8 Å². The maximum atomic E-state index is 13.5. The van der Waals surface area contributed by atoms with E-state index in [1.54, 1.807) is 17.0 Å². The first-order valence-electron chi connectivity index (χ1n) is 14.4. The molecule has 0 radical (unpaired) electrons. The molecule has 6 aromatic rings.